The third-order valence-electron chi connectivity index (χ3n) is 4.50. The van der Waals surface area contributed by atoms with Crippen molar-refractivity contribution in [2.75, 3.05) is 6.61 Å². The molecule has 0 aromatic rings. The molecule has 0 radical (unpaired) electrons. The van der Waals surface area contributed by atoms with Gasteiger partial charge in [0.2, 0.25) is 0 Å². The summed E-state index contributed by atoms with van der Waals surface area (Å²) >= 11 is 0. The van der Waals surface area contributed by atoms with Crippen molar-refractivity contribution in [2.45, 2.75) is 83.1 Å². The summed E-state index contributed by atoms with van der Waals surface area (Å²) < 4.78 is 23.8. The van der Waals surface area contributed by atoms with E-state index in [4.69, 9.17) is 18.6 Å². The second-order valence-electron chi connectivity index (χ2n) is 7.67. The summed E-state index contributed by atoms with van der Waals surface area (Å²) in [5.41, 5.74) is 0. The van der Waals surface area contributed by atoms with E-state index < -0.39 is 20.4 Å². The Hall–Kier alpha value is 0.0169. The molecule has 2 fully saturated rings. The molecule has 1 N–H and O–H groups in total. The number of hydrogen-bond acceptors (Lipinski definition) is 5. The van der Waals surface area contributed by atoms with E-state index in [1.807, 2.05) is 13.8 Å². The standard InChI is InChI=1S/C14H28O5Si/c1-13(2,3)20(6,7)19-10-9(8-15)16-12-11(10)17-14(4,5)18-12/h9-12,15H,8H2,1-7H3/t9-,10+,11-,12-/m0/s1. The second-order valence-corrected chi connectivity index (χ2v) is 12.4. The maximum atomic E-state index is 9.52. The lowest BCUT2D eigenvalue weighted by molar-refractivity contribution is -0.217. The summed E-state index contributed by atoms with van der Waals surface area (Å²) in [5, 5.41) is 9.62. The first-order chi connectivity index (χ1) is 8.97. The lowest BCUT2D eigenvalue weighted by atomic mass is 10.1. The minimum atomic E-state index is -1.96. The summed E-state index contributed by atoms with van der Waals surface area (Å²) in [5.74, 6) is -0.662. The normalized spacial score (nSPS) is 37.2. The Morgan fingerprint density at radius 2 is 1.80 bits per heavy atom. The highest BCUT2D eigenvalue weighted by atomic mass is 28.4. The number of rotatable bonds is 3. The third-order valence-corrected chi connectivity index (χ3v) is 8.98. The lowest BCUT2D eigenvalue weighted by Gasteiger charge is -2.40. The molecule has 0 bridgehead atoms. The Labute approximate surface area is 122 Å². The summed E-state index contributed by atoms with van der Waals surface area (Å²) in [6.07, 6.45) is -1.36. The topological polar surface area (TPSA) is 57.2 Å². The highest BCUT2D eigenvalue weighted by Gasteiger charge is 2.57. The molecule has 0 unspecified atom stereocenters. The Morgan fingerprint density at radius 3 is 2.30 bits per heavy atom. The number of aliphatic hydroxyl groups is 1. The second kappa shape index (κ2) is 5.03. The molecule has 2 aliphatic rings. The van der Waals surface area contributed by atoms with Gasteiger partial charge < -0.3 is 23.7 Å². The van der Waals surface area contributed by atoms with Gasteiger partial charge in [-0.2, -0.15) is 0 Å². The fourth-order valence-electron chi connectivity index (χ4n) is 2.35. The molecule has 2 rings (SSSR count). The smallest absolute Gasteiger partial charge is 0.192 e. The van der Waals surface area contributed by atoms with Crippen molar-refractivity contribution in [3.63, 3.8) is 0 Å². The van der Waals surface area contributed by atoms with Crippen LogP contribution in [0.15, 0.2) is 0 Å². The van der Waals surface area contributed by atoms with E-state index in [9.17, 15) is 5.11 Å². The van der Waals surface area contributed by atoms with Crippen molar-refractivity contribution >= 4 is 8.32 Å². The largest absolute Gasteiger partial charge is 0.408 e. The first kappa shape index (κ1) is 16.4. The van der Waals surface area contributed by atoms with Crippen LogP contribution in [0.1, 0.15) is 34.6 Å². The van der Waals surface area contributed by atoms with Crippen LogP contribution in [-0.2, 0) is 18.6 Å². The average Bonchev–Trinajstić information content (AvgIpc) is 2.70. The Kier molecular flexibility index (Phi) is 4.13. The van der Waals surface area contributed by atoms with E-state index >= 15 is 0 Å². The Morgan fingerprint density at radius 1 is 1.20 bits per heavy atom. The molecule has 4 atom stereocenters. The van der Waals surface area contributed by atoms with Crippen LogP contribution >= 0.6 is 0 Å². The summed E-state index contributed by atoms with van der Waals surface area (Å²) in [4.78, 5) is 0. The van der Waals surface area contributed by atoms with Crippen molar-refractivity contribution < 1.29 is 23.7 Å². The molecule has 2 saturated heterocycles. The van der Waals surface area contributed by atoms with Gasteiger partial charge >= 0.3 is 0 Å². The molecule has 0 spiro atoms. The van der Waals surface area contributed by atoms with Gasteiger partial charge in [-0.3, -0.25) is 0 Å². The Bertz CT molecular complexity index is 363. The monoisotopic (exact) mass is 304 g/mol. The average molecular weight is 304 g/mol. The van der Waals surface area contributed by atoms with Gasteiger partial charge in [0.1, 0.15) is 18.3 Å². The van der Waals surface area contributed by atoms with E-state index in [0.29, 0.717) is 0 Å². The first-order valence-corrected chi connectivity index (χ1v) is 10.2. The van der Waals surface area contributed by atoms with E-state index in [-0.39, 0.29) is 30.0 Å². The summed E-state index contributed by atoms with van der Waals surface area (Å²) in [6.45, 7) is 14.6. The predicted molar refractivity (Wildman–Crippen MR) is 77.9 cm³/mol. The van der Waals surface area contributed by atoms with Crippen molar-refractivity contribution in [2.24, 2.45) is 0 Å². The van der Waals surface area contributed by atoms with Gasteiger partial charge in [-0.15, -0.1) is 0 Å². The van der Waals surface area contributed by atoms with Crippen LogP contribution in [0.25, 0.3) is 0 Å². The molecule has 0 saturated carbocycles. The van der Waals surface area contributed by atoms with Crippen LogP contribution < -0.4 is 0 Å². The van der Waals surface area contributed by atoms with Gasteiger partial charge in [0.15, 0.2) is 20.4 Å². The van der Waals surface area contributed by atoms with Crippen LogP contribution in [0.5, 0.6) is 0 Å². The van der Waals surface area contributed by atoms with Crippen LogP contribution in [0.2, 0.25) is 18.1 Å². The van der Waals surface area contributed by atoms with E-state index in [2.05, 4.69) is 33.9 Å². The molecule has 0 amide bonds. The minimum absolute atomic E-state index is 0.0839. The molecule has 6 heteroatoms. The van der Waals surface area contributed by atoms with E-state index in [1.54, 1.807) is 0 Å². The summed E-state index contributed by atoms with van der Waals surface area (Å²) in [6, 6.07) is 0. The molecule has 0 aliphatic carbocycles. The molecule has 0 aromatic carbocycles. The molecule has 118 valence electrons. The number of aliphatic hydroxyl groups excluding tert-OH is 1. The predicted octanol–water partition coefficient (Wildman–Crippen LogP) is 2.25. The number of ether oxygens (including phenoxy) is 3. The molecule has 2 aliphatic heterocycles. The molecule has 20 heavy (non-hydrogen) atoms. The third kappa shape index (κ3) is 2.96. The summed E-state index contributed by atoms with van der Waals surface area (Å²) in [7, 11) is -1.96. The lowest BCUT2D eigenvalue weighted by Crippen LogP contribution is -2.50. The number of fused-ring (bicyclic) bond motifs is 1. The van der Waals surface area contributed by atoms with Crippen molar-refractivity contribution in [3.8, 4) is 0 Å². The number of hydrogen-bond donors (Lipinski definition) is 1. The molecule has 0 aromatic heterocycles. The fraction of sp³-hybridized carbons (Fsp3) is 1.00. The molecular weight excluding hydrogens is 276 g/mol. The van der Waals surface area contributed by atoms with Gasteiger partial charge in [-0.05, 0) is 32.0 Å². The van der Waals surface area contributed by atoms with Gasteiger partial charge in [-0.25, -0.2) is 0 Å². The van der Waals surface area contributed by atoms with Crippen molar-refractivity contribution in [1.82, 2.24) is 0 Å². The minimum Gasteiger partial charge on any atom is -0.408 e. The van der Waals surface area contributed by atoms with E-state index in [1.165, 1.54) is 0 Å². The molecule has 5 nitrogen and oxygen atoms in total. The maximum absolute atomic E-state index is 9.52. The quantitative estimate of drug-likeness (QED) is 0.810. The van der Waals surface area contributed by atoms with Crippen molar-refractivity contribution in [3.05, 3.63) is 0 Å². The van der Waals surface area contributed by atoms with Gasteiger partial charge in [-0.1, -0.05) is 20.8 Å². The van der Waals surface area contributed by atoms with Gasteiger partial charge in [0.05, 0.1) is 6.61 Å². The SMILES string of the molecule is CC1(C)O[C@@H]2O[C@@H](CO)[C@@H](O[Si](C)(C)C(C)(C)C)[C@@H]2O1. The van der Waals surface area contributed by atoms with Crippen LogP contribution in [0, 0.1) is 0 Å². The van der Waals surface area contributed by atoms with Crippen LogP contribution in [0.3, 0.4) is 0 Å². The first-order valence-electron chi connectivity index (χ1n) is 7.27. The fourth-order valence-corrected chi connectivity index (χ4v) is 3.67. The maximum Gasteiger partial charge on any atom is 0.192 e. The van der Waals surface area contributed by atoms with Crippen molar-refractivity contribution in [1.29, 1.82) is 0 Å². The van der Waals surface area contributed by atoms with Gasteiger partial charge in [0, 0.05) is 0 Å². The van der Waals surface area contributed by atoms with E-state index in [0.717, 1.165) is 0 Å². The Balaban J connectivity index is 2.16. The highest BCUT2D eigenvalue weighted by molar-refractivity contribution is 6.74. The van der Waals surface area contributed by atoms with Gasteiger partial charge in [0.25, 0.3) is 0 Å². The zero-order valence-electron chi connectivity index (χ0n) is 13.6. The molecular formula is C14H28O5Si. The highest BCUT2D eigenvalue weighted by Crippen LogP contribution is 2.43. The van der Waals surface area contributed by atoms with Crippen LogP contribution in [0.4, 0.5) is 0 Å². The zero-order valence-corrected chi connectivity index (χ0v) is 14.6. The van der Waals surface area contributed by atoms with Crippen LogP contribution in [-0.4, -0.2) is 50.4 Å². The zero-order chi connectivity index (χ0) is 15.3. The molecule has 2 heterocycles.